The predicted molar refractivity (Wildman–Crippen MR) is 81.4 cm³/mol. The van der Waals surface area contributed by atoms with Gasteiger partial charge in [0.25, 0.3) is 5.91 Å². The lowest BCUT2D eigenvalue weighted by atomic mass is 10.1. The van der Waals surface area contributed by atoms with Gasteiger partial charge in [-0.2, -0.15) is 0 Å². The molecule has 20 heavy (non-hydrogen) atoms. The van der Waals surface area contributed by atoms with E-state index in [2.05, 4.69) is 15.9 Å². The van der Waals surface area contributed by atoms with Crippen molar-refractivity contribution < 1.29 is 19.0 Å². The summed E-state index contributed by atoms with van der Waals surface area (Å²) in [5.41, 5.74) is 0.445. The van der Waals surface area contributed by atoms with Crippen molar-refractivity contribution in [1.29, 1.82) is 0 Å². The molecule has 1 aromatic rings. The van der Waals surface area contributed by atoms with Crippen molar-refractivity contribution in [1.82, 2.24) is 4.90 Å². The number of amides is 1. The van der Waals surface area contributed by atoms with Crippen LogP contribution in [0.15, 0.2) is 12.1 Å². The molecule has 0 heterocycles. The first-order chi connectivity index (χ1) is 9.44. The quantitative estimate of drug-likeness (QED) is 0.743. The Morgan fingerprint density at radius 1 is 1.15 bits per heavy atom. The summed E-state index contributed by atoms with van der Waals surface area (Å²) in [6, 6.07) is 3.28. The van der Waals surface area contributed by atoms with E-state index in [0.29, 0.717) is 29.4 Å². The summed E-state index contributed by atoms with van der Waals surface area (Å²) in [4.78, 5) is 14.3. The minimum atomic E-state index is -0.130. The van der Waals surface area contributed by atoms with Crippen molar-refractivity contribution in [2.75, 3.05) is 34.9 Å². The third kappa shape index (κ3) is 3.79. The molecular weight excluding hydrogens is 326 g/mol. The van der Waals surface area contributed by atoms with Crippen LogP contribution in [0.1, 0.15) is 17.3 Å². The minimum Gasteiger partial charge on any atom is -0.496 e. The van der Waals surface area contributed by atoms with Crippen molar-refractivity contribution in [2.24, 2.45) is 0 Å². The van der Waals surface area contributed by atoms with E-state index < -0.39 is 0 Å². The zero-order valence-corrected chi connectivity index (χ0v) is 14.0. The van der Waals surface area contributed by atoms with Crippen LogP contribution in [0.25, 0.3) is 0 Å². The van der Waals surface area contributed by atoms with Crippen LogP contribution in [-0.4, -0.2) is 50.6 Å². The van der Waals surface area contributed by atoms with Crippen LogP contribution in [0.3, 0.4) is 0 Å². The van der Waals surface area contributed by atoms with Gasteiger partial charge in [-0.25, -0.2) is 0 Å². The number of halogens is 1. The molecule has 0 fully saturated rings. The summed E-state index contributed by atoms with van der Waals surface area (Å²) in [5, 5.41) is 0. The topological polar surface area (TPSA) is 48.0 Å². The van der Waals surface area contributed by atoms with Gasteiger partial charge in [0.05, 0.1) is 26.9 Å². The highest BCUT2D eigenvalue weighted by Crippen LogP contribution is 2.35. The summed E-state index contributed by atoms with van der Waals surface area (Å²) in [6.07, 6.45) is 0. The van der Waals surface area contributed by atoms with Crippen molar-refractivity contribution >= 4 is 21.8 Å². The van der Waals surface area contributed by atoms with E-state index in [-0.39, 0.29) is 10.7 Å². The number of carbonyl (C=O) groups is 1. The Labute approximate surface area is 127 Å². The maximum absolute atomic E-state index is 12.5. The normalized spacial score (nSPS) is 11.7. The molecule has 1 amide bonds. The van der Waals surface area contributed by atoms with E-state index in [0.717, 1.165) is 0 Å². The number of methoxy groups -OCH3 is 3. The highest BCUT2D eigenvalue weighted by atomic mass is 79.9. The van der Waals surface area contributed by atoms with Gasteiger partial charge in [0, 0.05) is 30.6 Å². The maximum Gasteiger partial charge on any atom is 0.257 e. The van der Waals surface area contributed by atoms with Crippen LogP contribution in [0.5, 0.6) is 17.2 Å². The molecule has 0 bridgehead atoms. The van der Waals surface area contributed by atoms with Crippen molar-refractivity contribution in [3.8, 4) is 17.2 Å². The molecule has 0 saturated heterocycles. The molecule has 0 aromatic heterocycles. The predicted octanol–water partition coefficient (Wildman–Crippen LogP) is 2.57. The SMILES string of the molecule is COc1cc(OC)c(C(=O)N(C)CC(C)Br)cc1OC. The van der Waals surface area contributed by atoms with Gasteiger partial charge in [-0.05, 0) is 0 Å². The zero-order chi connectivity index (χ0) is 15.3. The second-order valence-electron chi connectivity index (χ2n) is 4.37. The van der Waals surface area contributed by atoms with Crippen LogP contribution in [0, 0.1) is 0 Å². The molecule has 0 aliphatic rings. The van der Waals surface area contributed by atoms with Crippen LogP contribution < -0.4 is 14.2 Å². The second kappa shape index (κ2) is 7.38. The second-order valence-corrected chi connectivity index (χ2v) is 5.94. The number of nitrogens with zero attached hydrogens (tertiary/aromatic N) is 1. The Kier molecular flexibility index (Phi) is 6.13. The lowest BCUT2D eigenvalue weighted by Crippen LogP contribution is -2.31. The smallest absolute Gasteiger partial charge is 0.257 e. The van der Waals surface area contributed by atoms with Gasteiger partial charge < -0.3 is 19.1 Å². The Bertz CT molecular complexity index is 476. The number of alkyl halides is 1. The minimum absolute atomic E-state index is 0.130. The van der Waals surface area contributed by atoms with Crippen molar-refractivity contribution in [3.63, 3.8) is 0 Å². The number of rotatable bonds is 6. The van der Waals surface area contributed by atoms with E-state index in [1.54, 1.807) is 24.1 Å². The third-order valence-corrected chi connectivity index (χ3v) is 3.10. The standard InChI is InChI=1S/C14H20BrNO4/c1-9(15)8-16(2)14(17)10-6-12(19-4)13(20-5)7-11(10)18-3/h6-7,9H,8H2,1-5H3. The number of hydrogen-bond donors (Lipinski definition) is 0. The number of ether oxygens (including phenoxy) is 3. The molecule has 1 unspecified atom stereocenters. The molecule has 0 aliphatic carbocycles. The Morgan fingerprint density at radius 3 is 2.10 bits per heavy atom. The monoisotopic (exact) mass is 345 g/mol. The highest BCUT2D eigenvalue weighted by molar-refractivity contribution is 9.09. The van der Waals surface area contributed by atoms with Crippen LogP contribution in [0.4, 0.5) is 0 Å². The molecule has 1 rings (SSSR count). The third-order valence-electron chi connectivity index (χ3n) is 2.81. The number of hydrogen-bond acceptors (Lipinski definition) is 4. The molecule has 0 spiro atoms. The molecule has 0 radical (unpaired) electrons. The molecule has 0 saturated carbocycles. The average molecular weight is 346 g/mol. The molecule has 6 heteroatoms. The Balaban J connectivity index is 3.18. The molecule has 1 aromatic carbocycles. The van der Waals surface area contributed by atoms with E-state index in [4.69, 9.17) is 14.2 Å². The first-order valence-electron chi connectivity index (χ1n) is 6.14. The molecule has 5 nitrogen and oxygen atoms in total. The van der Waals surface area contributed by atoms with E-state index >= 15 is 0 Å². The Hall–Kier alpha value is -1.43. The summed E-state index contributed by atoms with van der Waals surface area (Å²) >= 11 is 3.43. The van der Waals surface area contributed by atoms with Gasteiger partial charge in [-0.3, -0.25) is 4.79 Å². The zero-order valence-electron chi connectivity index (χ0n) is 12.4. The fraction of sp³-hybridized carbons (Fsp3) is 0.500. The molecule has 0 N–H and O–H groups in total. The molecule has 1 atom stereocenters. The summed E-state index contributed by atoms with van der Waals surface area (Å²) in [6.45, 7) is 2.58. The lowest BCUT2D eigenvalue weighted by molar-refractivity contribution is 0.0793. The van der Waals surface area contributed by atoms with Gasteiger partial charge >= 0.3 is 0 Å². The first-order valence-corrected chi connectivity index (χ1v) is 7.05. The Morgan fingerprint density at radius 2 is 1.65 bits per heavy atom. The van der Waals surface area contributed by atoms with Gasteiger partial charge in [0.15, 0.2) is 11.5 Å². The van der Waals surface area contributed by atoms with Gasteiger partial charge in [-0.1, -0.05) is 22.9 Å². The van der Waals surface area contributed by atoms with E-state index in [9.17, 15) is 4.79 Å². The van der Waals surface area contributed by atoms with E-state index in [1.807, 2.05) is 6.92 Å². The molecule has 112 valence electrons. The largest absolute Gasteiger partial charge is 0.496 e. The van der Waals surface area contributed by atoms with Gasteiger partial charge in [0.2, 0.25) is 0 Å². The number of benzene rings is 1. The molecule has 0 aliphatic heterocycles. The summed E-state index contributed by atoms with van der Waals surface area (Å²) in [7, 11) is 6.33. The summed E-state index contributed by atoms with van der Waals surface area (Å²) < 4.78 is 15.7. The highest BCUT2D eigenvalue weighted by Gasteiger charge is 2.21. The van der Waals surface area contributed by atoms with Crippen LogP contribution >= 0.6 is 15.9 Å². The van der Waals surface area contributed by atoms with Gasteiger partial charge in [0.1, 0.15) is 5.75 Å². The first kappa shape index (κ1) is 16.6. The lowest BCUT2D eigenvalue weighted by Gasteiger charge is -2.21. The maximum atomic E-state index is 12.5. The van der Waals surface area contributed by atoms with Gasteiger partial charge in [-0.15, -0.1) is 0 Å². The number of carbonyl (C=O) groups excluding carboxylic acids is 1. The summed E-state index contributed by atoms with van der Waals surface area (Å²) in [5.74, 6) is 1.35. The van der Waals surface area contributed by atoms with Crippen LogP contribution in [0.2, 0.25) is 0 Å². The van der Waals surface area contributed by atoms with Crippen molar-refractivity contribution in [3.05, 3.63) is 17.7 Å². The molecular formula is C14H20BrNO4. The van der Waals surface area contributed by atoms with Crippen LogP contribution in [-0.2, 0) is 0 Å². The average Bonchev–Trinajstić information content (AvgIpc) is 2.44. The van der Waals surface area contributed by atoms with E-state index in [1.165, 1.54) is 21.3 Å². The fourth-order valence-electron chi connectivity index (χ4n) is 1.86. The van der Waals surface area contributed by atoms with Crippen molar-refractivity contribution in [2.45, 2.75) is 11.8 Å². The fourth-order valence-corrected chi connectivity index (χ4v) is 2.30.